The number of carbonyl (C=O) groups is 1. The van der Waals surface area contributed by atoms with Crippen LogP contribution < -0.4 is 11.1 Å². The lowest BCUT2D eigenvalue weighted by molar-refractivity contribution is -0.113. The predicted octanol–water partition coefficient (Wildman–Crippen LogP) is 2.18. The third-order valence-corrected chi connectivity index (χ3v) is 3.94. The minimum atomic E-state index is 0.0797. The van der Waals surface area contributed by atoms with Crippen molar-refractivity contribution >= 4 is 23.4 Å². The number of hydrogen-bond donors (Lipinski definition) is 2. The van der Waals surface area contributed by atoms with Crippen molar-refractivity contribution in [2.75, 3.05) is 17.6 Å². The van der Waals surface area contributed by atoms with E-state index in [1.807, 2.05) is 6.07 Å². The van der Waals surface area contributed by atoms with Gasteiger partial charge in [0.25, 0.3) is 0 Å². The van der Waals surface area contributed by atoms with Gasteiger partial charge in [-0.3, -0.25) is 4.79 Å². The fourth-order valence-corrected chi connectivity index (χ4v) is 2.74. The smallest absolute Gasteiger partial charge is 0.234 e. The number of nitrogens with two attached hydrogens (primary N) is 1. The van der Waals surface area contributed by atoms with Gasteiger partial charge in [-0.1, -0.05) is 13.0 Å². The molecule has 4 heteroatoms. The number of amides is 1. The summed E-state index contributed by atoms with van der Waals surface area (Å²) in [6.07, 6.45) is 1.05. The molecule has 3 N–H and O–H groups in total. The summed E-state index contributed by atoms with van der Waals surface area (Å²) in [6, 6.07) is 6.19. The summed E-state index contributed by atoms with van der Waals surface area (Å²) in [5.74, 6) is 1.01. The molecule has 0 radical (unpaired) electrons. The van der Waals surface area contributed by atoms with Crippen LogP contribution in [0.1, 0.15) is 24.8 Å². The molecular formula is C12H16N2OS. The van der Waals surface area contributed by atoms with Gasteiger partial charge >= 0.3 is 0 Å². The molecule has 1 atom stereocenters. The van der Waals surface area contributed by atoms with Crippen LogP contribution in [-0.2, 0) is 4.79 Å². The zero-order chi connectivity index (χ0) is 11.5. The number of hydrogen-bond acceptors (Lipinski definition) is 3. The van der Waals surface area contributed by atoms with Gasteiger partial charge in [0, 0.05) is 4.90 Å². The van der Waals surface area contributed by atoms with Gasteiger partial charge in [-0.2, -0.15) is 0 Å². The Balaban J connectivity index is 2.28. The van der Waals surface area contributed by atoms with Gasteiger partial charge in [0.2, 0.25) is 5.91 Å². The third-order valence-electron chi connectivity index (χ3n) is 2.89. The Morgan fingerprint density at radius 1 is 1.56 bits per heavy atom. The molecule has 1 amide bonds. The fourth-order valence-electron chi connectivity index (χ4n) is 1.88. The number of thioether (sulfide) groups is 1. The van der Waals surface area contributed by atoms with Gasteiger partial charge in [0.15, 0.2) is 0 Å². The molecule has 2 rings (SSSR count). The highest BCUT2D eigenvalue weighted by atomic mass is 32.2. The second-order valence-electron chi connectivity index (χ2n) is 3.93. The Labute approximate surface area is 99.8 Å². The van der Waals surface area contributed by atoms with Crippen molar-refractivity contribution in [2.24, 2.45) is 5.73 Å². The molecule has 1 aromatic rings. The highest BCUT2D eigenvalue weighted by Gasteiger charge is 2.17. The Hall–Kier alpha value is -1.00. The first kappa shape index (κ1) is 11.5. The van der Waals surface area contributed by atoms with Crippen LogP contribution in [0.5, 0.6) is 0 Å². The summed E-state index contributed by atoms with van der Waals surface area (Å²) in [5, 5.41) is 2.87. The van der Waals surface area contributed by atoms with Crippen molar-refractivity contribution in [3.63, 3.8) is 0 Å². The van der Waals surface area contributed by atoms with Crippen molar-refractivity contribution < 1.29 is 4.79 Å². The van der Waals surface area contributed by atoms with Gasteiger partial charge in [0.05, 0.1) is 11.4 Å². The van der Waals surface area contributed by atoms with E-state index >= 15 is 0 Å². The van der Waals surface area contributed by atoms with Gasteiger partial charge in [0.1, 0.15) is 0 Å². The van der Waals surface area contributed by atoms with E-state index in [-0.39, 0.29) is 5.91 Å². The van der Waals surface area contributed by atoms with E-state index in [0.717, 1.165) is 17.0 Å². The van der Waals surface area contributed by atoms with Crippen molar-refractivity contribution in [3.05, 3.63) is 23.8 Å². The maximum Gasteiger partial charge on any atom is 0.234 e. The standard InChI is InChI=1S/C12H16N2OS/c1-2-8(6-13)9-3-4-10-11(5-9)16-7-12(15)14-10/h3-5,8H,2,6-7,13H2,1H3,(H,14,15). The molecule has 0 spiro atoms. The highest BCUT2D eigenvalue weighted by molar-refractivity contribution is 8.00. The van der Waals surface area contributed by atoms with E-state index in [1.165, 1.54) is 5.56 Å². The van der Waals surface area contributed by atoms with E-state index in [9.17, 15) is 4.79 Å². The van der Waals surface area contributed by atoms with Gasteiger partial charge < -0.3 is 11.1 Å². The largest absolute Gasteiger partial charge is 0.330 e. The average molecular weight is 236 g/mol. The number of carbonyl (C=O) groups excluding carboxylic acids is 1. The number of nitrogens with one attached hydrogen (secondary N) is 1. The minimum absolute atomic E-state index is 0.0797. The van der Waals surface area contributed by atoms with Crippen LogP contribution in [0.3, 0.4) is 0 Å². The second kappa shape index (κ2) is 4.89. The first-order chi connectivity index (χ1) is 7.74. The molecule has 86 valence electrons. The van der Waals surface area contributed by atoms with Gasteiger partial charge in [-0.25, -0.2) is 0 Å². The lowest BCUT2D eigenvalue weighted by Crippen LogP contribution is -2.19. The molecule has 0 fully saturated rings. The first-order valence-corrected chi connectivity index (χ1v) is 6.49. The Kier molecular flexibility index (Phi) is 3.51. The highest BCUT2D eigenvalue weighted by Crippen LogP contribution is 2.34. The minimum Gasteiger partial charge on any atom is -0.330 e. The Bertz CT molecular complexity index is 402. The van der Waals surface area contributed by atoms with Crippen LogP contribution >= 0.6 is 11.8 Å². The van der Waals surface area contributed by atoms with Crippen LogP contribution in [-0.4, -0.2) is 18.2 Å². The fraction of sp³-hybridized carbons (Fsp3) is 0.417. The molecule has 1 unspecified atom stereocenters. The van der Waals surface area contributed by atoms with Crippen LogP contribution in [0, 0.1) is 0 Å². The van der Waals surface area contributed by atoms with Crippen LogP contribution in [0.15, 0.2) is 23.1 Å². The SMILES string of the molecule is CCC(CN)c1ccc2c(c1)SCC(=O)N2. The van der Waals surface area contributed by atoms with E-state index < -0.39 is 0 Å². The lowest BCUT2D eigenvalue weighted by Gasteiger charge is -2.19. The van der Waals surface area contributed by atoms with Crippen molar-refractivity contribution in [3.8, 4) is 0 Å². The maximum absolute atomic E-state index is 11.2. The normalized spacial score (nSPS) is 16.5. The summed E-state index contributed by atoms with van der Waals surface area (Å²) in [4.78, 5) is 12.4. The maximum atomic E-state index is 11.2. The van der Waals surface area contributed by atoms with E-state index in [0.29, 0.717) is 18.2 Å². The summed E-state index contributed by atoms with van der Waals surface area (Å²) in [5.41, 5.74) is 7.94. The molecule has 0 bridgehead atoms. The van der Waals surface area contributed by atoms with Crippen LogP contribution in [0.2, 0.25) is 0 Å². The van der Waals surface area contributed by atoms with Crippen LogP contribution in [0.4, 0.5) is 5.69 Å². The number of benzene rings is 1. The number of fused-ring (bicyclic) bond motifs is 1. The Morgan fingerprint density at radius 2 is 2.38 bits per heavy atom. The lowest BCUT2D eigenvalue weighted by atomic mass is 9.96. The summed E-state index contributed by atoms with van der Waals surface area (Å²) in [6.45, 7) is 2.82. The van der Waals surface area contributed by atoms with Crippen LogP contribution in [0.25, 0.3) is 0 Å². The second-order valence-corrected chi connectivity index (χ2v) is 4.95. The van der Waals surface area contributed by atoms with E-state index in [2.05, 4.69) is 24.4 Å². The Morgan fingerprint density at radius 3 is 3.06 bits per heavy atom. The molecule has 0 aromatic heterocycles. The summed E-state index contributed by atoms with van der Waals surface area (Å²) in [7, 11) is 0. The molecule has 1 aromatic carbocycles. The molecule has 3 nitrogen and oxygen atoms in total. The molecule has 16 heavy (non-hydrogen) atoms. The predicted molar refractivity (Wildman–Crippen MR) is 67.9 cm³/mol. The molecular weight excluding hydrogens is 220 g/mol. The third kappa shape index (κ3) is 2.23. The molecule has 1 aliphatic heterocycles. The quantitative estimate of drug-likeness (QED) is 0.845. The summed E-state index contributed by atoms with van der Waals surface area (Å²) >= 11 is 1.60. The average Bonchev–Trinajstić information content (AvgIpc) is 2.31. The van der Waals surface area contributed by atoms with E-state index in [1.54, 1.807) is 11.8 Å². The molecule has 0 saturated heterocycles. The number of anilines is 1. The zero-order valence-corrected chi connectivity index (χ0v) is 10.1. The zero-order valence-electron chi connectivity index (χ0n) is 9.32. The topological polar surface area (TPSA) is 55.1 Å². The molecule has 0 aliphatic carbocycles. The van der Waals surface area contributed by atoms with E-state index in [4.69, 9.17) is 5.73 Å². The van der Waals surface area contributed by atoms with Gasteiger partial charge in [-0.05, 0) is 36.6 Å². The van der Waals surface area contributed by atoms with Crippen molar-refractivity contribution in [2.45, 2.75) is 24.2 Å². The first-order valence-electron chi connectivity index (χ1n) is 5.51. The monoisotopic (exact) mass is 236 g/mol. The number of rotatable bonds is 3. The molecule has 1 aliphatic rings. The van der Waals surface area contributed by atoms with Crippen molar-refractivity contribution in [1.82, 2.24) is 0 Å². The van der Waals surface area contributed by atoms with Gasteiger partial charge in [-0.15, -0.1) is 11.8 Å². The molecule has 0 saturated carbocycles. The van der Waals surface area contributed by atoms with Crippen molar-refractivity contribution in [1.29, 1.82) is 0 Å². The molecule has 1 heterocycles. The summed E-state index contributed by atoms with van der Waals surface area (Å²) < 4.78 is 0.